The number of unbranched alkanes of at least 4 members (excludes halogenated alkanes) is 9. The topological polar surface area (TPSA) is 99.1 Å². The molecule has 0 radical (unpaired) electrons. The summed E-state index contributed by atoms with van der Waals surface area (Å²) in [5.41, 5.74) is 1.82. The number of hydrogen-bond donors (Lipinski definition) is 1. The van der Waals surface area contributed by atoms with Gasteiger partial charge in [0.2, 0.25) is 0 Å². The van der Waals surface area contributed by atoms with E-state index in [1.165, 1.54) is 64.9 Å². The Morgan fingerprint density at radius 2 is 1.61 bits per heavy atom. The Balaban J connectivity index is 1.37. The van der Waals surface area contributed by atoms with Crippen LogP contribution >= 0.6 is 7.82 Å². The standard InChI is InChI=1S/C34H51N2O7P/c1-4-5-6-7-8-9-10-11-12-13-23-40-33-19-15-20-34(29(33)2)41-26-32(39-3)27-42-44(37,38)43-31-18-14-17-30(24-31)25-36-22-16-21-35-28-36/h14-21,24,28,32H,4-13,22-23,25-27H2,1-3H3,(H,37,38). The number of benzene rings is 2. The molecular formula is C34H51N2O7P. The molecule has 2 aromatic carbocycles. The van der Waals surface area contributed by atoms with E-state index >= 15 is 0 Å². The lowest BCUT2D eigenvalue weighted by molar-refractivity contribution is 0.0159. The molecule has 0 saturated carbocycles. The van der Waals surface area contributed by atoms with Crippen molar-refractivity contribution in [2.24, 2.45) is 4.99 Å². The molecule has 9 nitrogen and oxygen atoms in total. The van der Waals surface area contributed by atoms with Crippen LogP contribution in [-0.2, 0) is 20.4 Å². The summed E-state index contributed by atoms with van der Waals surface area (Å²) in [4.78, 5) is 16.5. The SMILES string of the molecule is CCCCCCCCCCCCOc1cccc(OCC(COP(=O)(O)Oc2cccc(CN3C=NC=CC3)c2)OC)c1C. The van der Waals surface area contributed by atoms with Crippen LogP contribution in [0.4, 0.5) is 0 Å². The number of aliphatic imine (C=N–C) groups is 1. The lowest BCUT2D eigenvalue weighted by Gasteiger charge is -2.21. The third-order valence-electron chi connectivity index (χ3n) is 7.44. The van der Waals surface area contributed by atoms with Crippen molar-refractivity contribution in [1.29, 1.82) is 0 Å². The van der Waals surface area contributed by atoms with E-state index in [1.807, 2.05) is 42.2 Å². The van der Waals surface area contributed by atoms with Crippen molar-refractivity contribution in [2.45, 2.75) is 90.7 Å². The molecule has 0 aliphatic carbocycles. The summed E-state index contributed by atoms with van der Waals surface area (Å²) in [6.45, 7) is 6.16. The lowest BCUT2D eigenvalue weighted by Crippen LogP contribution is -2.26. The van der Waals surface area contributed by atoms with Crippen LogP contribution in [0.1, 0.15) is 82.3 Å². The first-order chi connectivity index (χ1) is 21.4. The van der Waals surface area contributed by atoms with Gasteiger partial charge >= 0.3 is 7.82 Å². The molecule has 0 saturated heterocycles. The number of hydrogen-bond acceptors (Lipinski definition) is 8. The average molecular weight is 631 g/mol. The van der Waals surface area contributed by atoms with Crippen LogP contribution in [0.15, 0.2) is 59.7 Å². The zero-order valence-electron chi connectivity index (χ0n) is 26.7. The van der Waals surface area contributed by atoms with Gasteiger partial charge in [0, 0.05) is 32.0 Å². The smallest absolute Gasteiger partial charge is 0.493 e. The highest BCUT2D eigenvalue weighted by molar-refractivity contribution is 7.47. The molecule has 1 aliphatic heterocycles. The van der Waals surface area contributed by atoms with Gasteiger partial charge in [-0.05, 0) is 49.2 Å². The summed E-state index contributed by atoms with van der Waals surface area (Å²) in [7, 11) is -2.89. The maximum absolute atomic E-state index is 12.7. The van der Waals surface area contributed by atoms with Gasteiger partial charge in [-0.15, -0.1) is 0 Å². The molecule has 0 fully saturated rings. The fourth-order valence-corrected chi connectivity index (χ4v) is 5.63. The minimum Gasteiger partial charge on any atom is -0.493 e. The molecule has 1 N–H and O–H groups in total. The Kier molecular flexibility index (Phi) is 16.4. The zero-order valence-corrected chi connectivity index (χ0v) is 27.6. The van der Waals surface area contributed by atoms with Crippen LogP contribution in [0, 0.1) is 6.92 Å². The fraction of sp³-hybridized carbons (Fsp3) is 0.559. The Morgan fingerprint density at radius 1 is 0.932 bits per heavy atom. The van der Waals surface area contributed by atoms with E-state index in [1.54, 1.807) is 30.7 Å². The zero-order chi connectivity index (χ0) is 31.5. The second-order valence-electron chi connectivity index (χ2n) is 11.2. The first-order valence-corrected chi connectivity index (χ1v) is 17.5. The molecule has 2 unspecified atom stereocenters. The first-order valence-electron chi connectivity index (χ1n) is 16.0. The predicted octanol–water partition coefficient (Wildman–Crippen LogP) is 8.24. The average Bonchev–Trinajstić information content (AvgIpc) is 3.01. The Morgan fingerprint density at radius 3 is 2.30 bits per heavy atom. The molecule has 0 bridgehead atoms. The van der Waals surface area contributed by atoms with Gasteiger partial charge in [-0.3, -0.25) is 9.42 Å². The molecule has 44 heavy (non-hydrogen) atoms. The molecule has 0 aromatic heterocycles. The van der Waals surface area contributed by atoms with Gasteiger partial charge in [0.15, 0.2) is 0 Å². The highest BCUT2D eigenvalue weighted by atomic mass is 31.2. The summed E-state index contributed by atoms with van der Waals surface area (Å²) >= 11 is 0. The Bertz CT molecular complexity index is 1210. The van der Waals surface area contributed by atoms with Gasteiger partial charge in [0.05, 0.1) is 19.6 Å². The lowest BCUT2D eigenvalue weighted by atomic mass is 10.1. The molecule has 1 aliphatic rings. The van der Waals surface area contributed by atoms with Crippen LogP contribution in [0.25, 0.3) is 0 Å². The van der Waals surface area contributed by atoms with Crippen molar-refractivity contribution in [3.63, 3.8) is 0 Å². The third kappa shape index (κ3) is 13.9. The Labute approximate surface area is 263 Å². The number of phosphoric ester groups is 1. The van der Waals surface area contributed by atoms with Crippen molar-refractivity contribution < 1.29 is 32.7 Å². The second-order valence-corrected chi connectivity index (χ2v) is 12.5. The molecule has 0 spiro atoms. The number of methoxy groups -OCH3 is 1. The monoisotopic (exact) mass is 630 g/mol. The van der Waals surface area contributed by atoms with Gasteiger partial charge in [0.1, 0.15) is 30.0 Å². The third-order valence-corrected chi connectivity index (χ3v) is 8.35. The van der Waals surface area contributed by atoms with E-state index in [2.05, 4.69) is 11.9 Å². The highest BCUT2D eigenvalue weighted by Crippen LogP contribution is 2.44. The van der Waals surface area contributed by atoms with E-state index in [-0.39, 0.29) is 19.0 Å². The number of rotatable bonds is 23. The van der Waals surface area contributed by atoms with Gasteiger partial charge < -0.3 is 23.6 Å². The van der Waals surface area contributed by atoms with Gasteiger partial charge in [-0.2, -0.15) is 0 Å². The van der Waals surface area contributed by atoms with E-state index in [9.17, 15) is 9.46 Å². The van der Waals surface area contributed by atoms with Crippen LogP contribution < -0.4 is 14.0 Å². The second kappa shape index (κ2) is 20.2. The Hall–Kier alpha value is -2.84. The van der Waals surface area contributed by atoms with E-state index in [4.69, 9.17) is 23.3 Å². The van der Waals surface area contributed by atoms with Crippen molar-refractivity contribution in [3.8, 4) is 17.2 Å². The van der Waals surface area contributed by atoms with Crippen LogP contribution in [0.3, 0.4) is 0 Å². The molecule has 1 heterocycles. The minimum absolute atomic E-state index is 0.126. The van der Waals surface area contributed by atoms with Crippen LogP contribution in [0.2, 0.25) is 0 Å². The molecule has 2 atom stereocenters. The number of nitrogens with zero attached hydrogens (tertiary/aromatic N) is 2. The summed E-state index contributed by atoms with van der Waals surface area (Å²) in [6, 6.07) is 12.7. The fourth-order valence-electron chi connectivity index (χ4n) is 4.85. The molecule has 2 aromatic rings. The van der Waals surface area contributed by atoms with Crippen LogP contribution in [-0.4, -0.2) is 55.7 Å². The summed E-state index contributed by atoms with van der Waals surface area (Å²) in [5, 5.41) is 0. The van der Waals surface area contributed by atoms with Crippen molar-refractivity contribution in [1.82, 2.24) is 4.90 Å². The largest absolute Gasteiger partial charge is 0.527 e. The molecular weight excluding hydrogens is 579 g/mol. The predicted molar refractivity (Wildman–Crippen MR) is 176 cm³/mol. The van der Waals surface area contributed by atoms with Crippen molar-refractivity contribution in [3.05, 3.63) is 65.9 Å². The molecule has 0 amide bonds. The van der Waals surface area contributed by atoms with Gasteiger partial charge in [-0.1, -0.05) is 82.9 Å². The first kappa shape index (κ1) is 35.6. The van der Waals surface area contributed by atoms with Gasteiger partial charge in [-0.25, -0.2) is 9.56 Å². The molecule has 244 valence electrons. The van der Waals surface area contributed by atoms with Crippen LogP contribution in [0.5, 0.6) is 17.2 Å². The van der Waals surface area contributed by atoms with Gasteiger partial charge in [0.25, 0.3) is 0 Å². The summed E-state index contributed by atoms with van der Waals surface area (Å²) in [5.74, 6) is 1.71. The maximum atomic E-state index is 12.7. The summed E-state index contributed by atoms with van der Waals surface area (Å²) in [6.07, 6.45) is 17.7. The highest BCUT2D eigenvalue weighted by Gasteiger charge is 2.26. The maximum Gasteiger partial charge on any atom is 0.527 e. The van der Waals surface area contributed by atoms with Crippen molar-refractivity contribution >= 4 is 14.2 Å². The number of ether oxygens (including phenoxy) is 3. The quantitative estimate of drug-likeness (QED) is 0.0968. The van der Waals surface area contributed by atoms with E-state index in [0.29, 0.717) is 18.9 Å². The normalized spacial score (nSPS) is 14.8. The molecule has 10 heteroatoms. The molecule has 3 rings (SSSR count). The number of phosphoric acid groups is 1. The summed E-state index contributed by atoms with van der Waals surface area (Å²) < 4.78 is 40.8. The van der Waals surface area contributed by atoms with E-state index in [0.717, 1.165) is 29.8 Å². The van der Waals surface area contributed by atoms with E-state index < -0.39 is 13.9 Å². The minimum atomic E-state index is -4.39. The van der Waals surface area contributed by atoms with Crippen molar-refractivity contribution in [2.75, 3.05) is 33.5 Å².